The maximum atomic E-state index is 13.1. The topological polar surface area (TPSA) is 210 Å². The van der Waals surface area contributed by atoms with E-state index in [1.165, 1.54) is 0 Å². The number of carboxylic acid groups (broad SMARTS) is 1. The SMILES string of the molecule is CC(C)C(NC(=O)C(Cc1c[nH]c2ccccc12)NC(=O)C(CS)NC(=O)C(N)CC(N)=O)C(=O)O. The van der Waals surface area contributed by atoms with Gasteiger partial charge in [0.2, 0.25) is 23.6 Å². The van der Waals surface area contributed by atoms with Crippen molar-refractivity contribution in [1.82, 2.24) is 20.9 Å². The first-order valence-corrected chi connectivity index (χ1v) is 11.9. The van der Waals surface area contributed by atoms with E-state index in [0.717, 1.165) is 16.5 Å². The lowest BCUT2D eigenvalue weighted by Crippen LogP contribution is -2.58. The lowest BCUT2D eigenvalue weighted by Gasteiger charge is -2.25. The lowest BCUT2D eigenvalue weighted by molar-refractivity contribution is -0.143. The molecule has 13 heteroatoms. The first-order chi connectivity index (χ1) is 16.9. The van der Waals surface area contributed by atoms with E-state index in [1.807, 2.05) is 24.3 Å². The molecule has 1 heterocycles. The number of H-pyrrole nitrogens is 1. The van der Waals surface area contributed by atoms with Crippen LogP contribution in [0.3, 0.4) is 0 Å². The number of hydrogen-bond acceptors (Lipinski definition) is 7. The Bertz CT molecular complexity index is 1120. The van der Waals surface area contributed by atoms with Crippen LogP contribution >= 0.6 is 12.6 Å². The summed E-state index contributed by atoms with van der Waals surface area (Å²) in [6, 6.07) is 2.59. The van der Waals surface area contributed by atoms with Crippen molar-refractivity contribution in [1.29, 1.82) is 0 Å². The molecule has 0 spiro atoms. The summed E-state index contributed by atoms with van der Waals surface area (Å²) in [7, 11) is 0. The molecule has 2 aromatic rings. The van der Waals surface area contributed by atoms with Gasteiger partial charge in [-0.05, 0) is 17.5 Å². The number of fused-ring (bicyclic) bond motifs is 1. The van der Waals surface area contributed by atoms with Crippen molar-refractivity contribution in [2.45, 2.75) is 50.9 Å². The molecule has 4 unspecified atom stereocenters. The number of primary amides is 1. The molecule has 1 aromatic heterocycles. The zero-order valence-corrected chi connectivity index (χ0v) is 20.9. The summed E-state index contributed by atoms with van der Waals surface area (Å²) in [5, 5.41) is 17.8. The zero-order valence-electron chi connectivity index (χ0n) is 20.0. The molecule has 0 aliphatic carbocycles. The first-order valence-electron chi connectivity index (χ1n) is 11.3. The minimum atomic E-state index is -1.26. The minimum absolute atomic E-state index is 0.0421. The van der Waals surface area contributed by atoms with Gasteiger partial charge in [0.25, 0.3) is 0 Å². The minimum Gasteiger partial charge on any atom is -0.480 e. The highest BCUT2D eigenvalue weighted by Crippen LogP contribution is 2.19. The Morgan fingerprint density at radius 3 is 2.19 bits per heavy atom. The molecule has 36 heavy (non-hydrogen) atoms. The van der Waals surface area contributed by atoms with Gasteiger partial charge in [-0.3, -0.25) is 19.2 Å². The van der Waals surface area contributed by atoms with Crippen molar-refractivity contribution in [3.63, 3.8) is 0 Å². The number of para-hydroxylation sites is 1. The van der Waals surface area contributed by atoms with Gasteiger partial charge in [0.1, 0.15) is 18.1 Å². The summed E-state index contributed by atoms with van der Waals surface area (Å²) in [5.74, 6) is -4.76. The molecule has 2 rings (SSSR count). The van der Waals surface area contributed by atoms with Crippen LogP contribution in [0.1, 0.15) is 25.8 Å². The van der Waals surface area contributed by atoms with Crippen LogP contribution in [0, 0.1) is 5.92 Å². The fraction of sp³-hybridized carbons (Fsp3) is 0.435. The van der Waals surface area contributed by atoms with Crippen LogP contribution in [0.25, 0.3) is 10.9 Å². The number of carboxylic acids is 1. The van der Waals surface area contributed by atoms with Gasteiger partial charge in [-0.2, -0.15) is 12.6 Å². The highest BCUT2D eigenvalue weighted by Gasteiger charge is 2.31. The average molecular weight is 521 g/mol. The van der Waals surface area contributed by atoms with Crippen LogP contribution in [0.2, 0.25) is 0 Å². The molecule has 0 radical (unpaired) electrons. The molecule has 0 aliphatic heterocycles. The van der Waals surface area contributed by atoms with Gasteiger partial charge in [-0.25, -0.2) is 4.79 Å². The second-order valence-electron chi connectivity index (χ2n) is 8.71. The molecule has 1 aromatic carbocycles. The average Bonchev–Trinajstić information content (AvgIpc) is 3.21. The van der Waals surface area contributed by atoms with Gasteiger partial charge < -0.3 is 37.5 Å². The van der Waals surface area contributed by atoms with E-state index in [2.05, 4.69) is 33.6 Å². The molecule has 0 fully saturated rings. The molecule has 12 nitrogen and oxygen atoms in total. The van der Waals surface area contributed by atoms with E-state index >= 15 is 0 Å². The van der Waals surface area contributed by atoms with Crippen LogP contribution in [-0.2, 0) is 30.4 Å². The highest BCUT2D eigenvalue weighted by molar-refractivity contribution is 7.80. The van der Waals surface area contributed by atoms with Crippen molar-refractivity contribution < 1.29 is 29.1 Å². The maximum absolute atomic E-state index is 13.1. The van der Waals surface area contributed by atoms with Crippen molar-refractivity contribution in [2.24, 2.45) is 17.4 Å². The number of nitrogens with one attached hydrogen (secondary N) is 4. The van der Waals surface area contributed by atoms with Gasteiger partial charge in [0, 0.05) is 29.3 Å². The van der Waals surface area contributed by atoms with E-state index in [0.29, 0.717) is 0 Å². The summed E-state index contributed by atoms with van der Waals surface area (Å²) in [4.78, 5) is 64.2. The number of amides is 4. The highest BCUT2D eigenvalue weighted by atomic mass is 32.1. The number of aromatic amines is 1. The van der Waals surface area contributed by atoms with Crippen LogP contribution in [0.5, 0.6) is 0 Å². The number of carbonyl (C=O) groups is 5. The van der Waals surface area contributed by atoms with Crippen LogP contribution in [-0.4, -0.2) is 69.6 Å². The number of carbonyl (C=O) groups excluding carboxylic acids is 4. The molecule has 0 aliphatic rings. The Kier molecular flexibility index (Phi) is 10.3. The van der Waals surface area contributed by atoms with Gasteiger partial charge in [0.15, 0.2) is 0 Å². The van der Waals surface area contributed by atoms with Crippen molar-refractivity contribution in [3.05, 3.63) is 36.0 Å². The van der Waals surface area contributed by atoms with Crippen molar-refractivity contribution in [3.8, 4) is 0 Å². The van der Waals surface area contributed by atoms with E-state index in [9.17, 15) is 29.1 Å². The summed E-state index contributed by atoms with van der Waals surface area (Å²) < 4.78 is 0. The van der Waals surface area contributed by atoms with Crippen molar-refractivity contribution in [2.75, 3.05) is 5.75 Å². The second kappa shape index (κ2) is 12.9. The number of hydrogen-bond donors (Lipinski definition) is 8. The number of aromatic nitrogens is 1. The fourth-order valence-electron chi connectivity index (χ4n) is 3.55. The van der Waals surface area contributed by atoms with E-state index in [1.54, 1.807) is 20.0 Å². The molecular formula is C23H32N6O6S. The van der Waals surface area contributed by atoms with E-state index < -0.39 is 66.1 Å². The van der Waals surface area contributed by atoms with Crippen LogP contribution < -0.4 is 27.4 Å². The quantitative estimate of drug-likeness (QED) is 0.155. The summed E-state index contributed by atoms with van der Waals surface area (Å²) in [6.07, 6.45) is 1.33. The standard InChI is InChI=1S/C23H32N6O6S/c1-11(2)19(23(34)35)29-21(32)16(7-12-9-26-15-6-4-3-5-13(12)15)27-22(33)17(10-36)28-20(31)14(24)8-18(25)30/h3-6,9,11,14,16-17,19,26,36H,7-8,10,24H2,1-2H3,(H2,25,30)(H,27,33)(H,28,31)(H,29,32)(H,34,35). The first kappa shape index (κ1) is 28.7. The predicted molar refractivity (Wildman–Crippen MR) is 136 cm³/mol. The Morgan fingerprint density at radius 1 is 1.00 bits per heavy atom. The molecule has 196 valence electrons. The summed E-state index contributed by atoms with van der Waals surface area (Å²) in [6.45, 7) is 3.29. The van der Waals surface area contributed by atoms with Crippen LogP contribution in [0.4, 0.5) is 0 Å². The third-order valence-electron chi connectivity index (χ3n) is 5.54. The molecule has 4 amide bonds. The predicted octanol–water partition coefficient (Wildman–Crippen LogP) is -0.962. The normalized spacial score (nSPS) is 14.5. The Balaban J connectivity index is 2.26. The molecule has 0 saturated carbocycles. The summed E-state index contributed by atoms with van der Waals surface area (Å²) in [5.41, 5.74) is 12.2. The van der Waals surface area contributed by atoms with Gasteiger partial charge in [-0.1, -0.05) is 32.0 Å². The number of aliphatic carboxylic acids is 1. The molecular weight excluding hydrogens is 488 g/mol. The smallest absolute Gasteiger partial charge is 0.326 e. The van der Waals surface area contributed by atoms with E-state index in [-0.39, 0.29) is 12.2 Å². The molecule has 0 saturated heterocycles. The maximum Gasteiger partial charge on any atom is 0.326 e. The zero-order chi connectivity index (χ0) is 27.0. The number of benzene rings is 1. The Hall–Kier alpha value is -3.58. The number of thiol groups is 1. The fourth-order valence-corrected chi connectivity index (χ4v) is 3.81. The molecule has 4 atom stereocenters. The van der Waals surface area contributed by atoms with Crippen molar-refractivity contribution >= 4 is 53.1 Å². The number of rotatable bonds is 13. The largest absolute Gasteiger partial charge is 0.480 e. The third-order valence-corrected chi connectivity index (χ3v) is 5.90. The van der Waals surface area contributed by atoms with Gasteiger partial charge in [0.05, 0.1) is 12.5 Å². The number of nitrogens with two attached hydrogens (primary N) is 2. The van der Waals surface area contributed by atoms with E-state index in [4.69, 9.17) is 11.5 Å². The van der Waals surface area contributed by atoms with Gasteiger partial charge >= 0.3 is 5.97 Å². The van der Waals surface area contributed by atoms with Gasteiger partial charge in [-0.15, -0.1) is 0 Å². The monoisotopic (exact) mass is 520 g/mol. The Morgan fingerprint density at radius 2 is 1.61 bits per heavy atom. The molecule has 0 bridgehead atoms. The van der Waals surface area contributed by atoms with Crippen LogP contribution in [0.15, 0.2) is 30.5 Å². The third kappa shape index (κ3) is 7.71. The second-order valence-corrected chi connectivity index (χ2v) is 9.08. The lowest BCUT2D eigenvalue weighted by atomic mass is 10.0. The molecule has 9 N–H and O–H groups in total. The summed E-state index contributed by atoms with van der Waals surface area (Å²) >= 11 is 4.10. The Labute approximate surface area is 213 Å².